The maximum absolute atomic E-state index is 12.4. The van der Waals surface area contributed by atoms with Crippen molar-refractivity contribution in [1.82, 2.24) is 4.72 Å². The minimum atomic E-state index is -3.60. The molecule has 1 atom stereocenters. The number of hydrogen-bond donors (Lipinski definition) is 2. The fourth-order valence-electron chi connectivity index (χ4n) is 1.91. The molecule has 1 aromatic carbocycles. The quantitative estimate of drug-likeness (QED) is 0.791. The lowest BCUT2D eigenvalue weighted by molar-refractivity contribution is 0.350. The molecule has 0 saturated carbocycles. The predicted octanol–water partition coefficient (Wildman–Crippen LogP) is 2.13. The first-order chi connectivity index (χ1) is 9.86. The number of aliphatic hydroxyl groups is 1. The summed E-state index contributed by atoms with van der Waals surface area (Å²) >= 11 is 0. The first kappa shape index (κ1) is 17.7. The summed E-state index contributed by atoms with van der Waals surface area (Å²) in [6, 6.07) is 6.42. The van der Waals surface area contributed by atoms with Crippen molar-refractivity contribution in [2.24, 2.45) is 5.92 Å². The van der Waals surface area contributed by atoms with Gasteiger partial charge in [-0.2, -0.15) is 0 Å². The van der Waals surface area contributed by atoms with E-state index in [0.29, 0.717) is 11.5 Å². The highest BCUT2D eigenvalue weighted by molar-refractivity contribution is 7.89. The van der Waals surface area contributed by atoms with Gasteiger partial charge in [-0.15, -0.1) is 0 Å². The van der Waals surface area contributed by atoms with Crippen LogP contribution in [-0.2, 0) is 10.0 Å². The van der Waals surface area contributed by atoms with Crippen LogP contribution < -0.4 is 4.72 Å². The first-order valence-electron chi connectivity index (χ1n) is 7.08. The van der Waals surface area contributed by atoms with E-state index in [-0.39, 0.29) is 17.5 Å². The Morgan fingerprint density at radius 3 is 2.48 bits per heavy atom. The maximum Gasteiger partial charge on any atom is 0.242 e. The van der Waals surface area contributed by atoms with E-state index < -0.39 is 10.0 Å². The molecule has 0 aliphatic rings. The highest BCUT2D eigenvalue weighted by atomic mass is 32.2. The molecule has 1 unspecified atom stereocenters. The average molecular weight is 309 g/mol. The van der Waals surface area contributed by atoms with Gasteiger partial charge in [0.25, 0.3) is 0 Å². The van der Waals surface area contributed by atoms with E-state index in [4.69, 9.17) is 5.11 Å². The Morgan fingerprint density at radius 1 is 1.19 bits per heavy atom. The lowest BCUT2D eigenvalue weighted by Gasteiger charge is -2.16. The molecule has 1 rings (SSSR count). The molecule has 0 amide bonds. The topological polar surface area (TPSA) is 66.4 Å². The zero-order valence-electron chi connectivity index (χ0n) is 12.8. The van der Waals surface area contributed by atoms with Gasteiger partial charge in [-0.3, -0.25) is 0 Å². The molecule has 1 aromatic rings. The summed E-state index contributed by atoms with van der Waals surface area (Å²) < 4.78 is 27.5. The van der Waals surface area contributed by atoms with Crippen LogP contribution in [-0.4, -0.2) is 26.2 Å². The van der Waals surface area contributed by atoms with Gasteiger partial charge in [0.1, 0.15) is 6.61 Å². The van der Waals surface area contributed by atoms with Crippen LogP contribution >= 0.6 is 0 Å². The van der Waals surface area contributed by atoms with Crippen LogP contribution in [0.15, 0.2) is 29.2 Å². The predicted molar refractivity (Wildman–Crippen MR) is 84.3 cm³/mol. The molecule has 0 saturated heterocycles. The number of rotatable bonds is 6. The highest BCUT2D eigenvalue weighted by Gasteiger charge is 2.20. The van der Waals surface area contributed by atoms with Crippen LogP contribution in [0.1, 0.15) is 39.2 Å². The van der Waals surface area contributed by atoms with Crippen LogP contribution in [0, 0.1) is 17.8 Å². The number of sulfonamides is 1. The summed E-state index contributed by atoms with van der Waals surface area (Å²) in [5.74, 6) is 5.70. The molecule has 0 aromatic heterocycles. The van der Waals surface area contributed by atoms with Crippen molar-refractivity contribution in [2.75, 3.05) is 6.61 Å². The monoisotopic (exact) mass is 309 g/mol. The molecule has 0 aliphatic heterocycles. The van der Waals surface area contributed by atoms with Gasteiger partial charge in [0.05, 0.1) is 4.90 Å². The van der Waals surface area contributed by atoms with Gasteiger partial charge in [0, 0.05) is 11.6 Å². The van der Waals surface area contributed by atoms with Crippen molar-refractivity contribution in [3.8, 4) is 11.8 Å². The van der Waals surface area contributed by atoms with E-state index in [0.717, 1.165) is 12.8 Å². The van der Waals surface area contributed by atoms with E-state index in [1.165, 1.54) is 6.07 Å². The first-order valence-corrected chi connectivity index (χ1v) is 8.56. The van der Waals surface area contributed by atoms with Crippen LogP contribution in [0.2, 0.25) is 0 Å². The lowest BCUT2D eigenvalue weighted by atomic mass is 10.1. The average Bonchev–Trinajstić information content (AvgIpc) is 2.42. The summed E-state index contributed by atoms with van der Waals surface area (Å²) in [5.41, 5.74) is 0.398. The SMILES string of the molecule is CC(C)CCC(C)NS(=O)(=O)c1ccccc1C#CCO. The molecule has 4 nitrogen and oxygen atoms in total. The number of hydrogen-bond acceptors (Lipinski definition) is 3. The van der Waals surface area contributed by atoms with E-state index >= 15 is 0 Å². The zero-order chi connectivity index (χ0) is 15.9. The van der Waals surface area contributed by atoms with Crippen molar-refractivity contribution < 1.29 is 13.5 Å². The zero-order valence-corrected chi connectivity index (χ0v) is 13.6. The summed E-state index contributed by atoms with van der Waals surface area (Å²) in [5, 5.41) is 8.75. The molecule has 0 spiro atoms. The summed E-state index contributed by atoms with van der Waals surface area (Å²) in [6.45, 7) is 5.79. The number of benzene rings is 1. The molecule has 0 aliphatic carbocycles. The summed E-state index contributed by atoms with van der Waals surface area (Å²) in [6.07, 6.45) is 1.76. The maximum atomic E-state index is 12.4. The molecule has 5 heteroatoms. The number of aliphatic hydroxyl groups excluding tert-OH is 1. The molecular formula is C16H23NO3S. The third kappa shape index (κ3) is 5.88. The highest BCUT2D eigenvalue weighted by Crippen LogP contribution is 2.16. The van der Waals surface area contributed by atoms with E-state index in [1.54, 1.807) is 18.2 Å². The second-order valence-electron chi connectivity index (χ2n) is 5.45. The largest absolute Gasteiger partial charge is 0.384 e. The minimum absolute atomic E-state index is 0.128. The Bertz CT molecular complexity index is 612. The van der Waals surface area contributed by atoms with E-state index in [2.05, 4.69) is 30.4 Å². The summed E-state index contributed by atoms with van der Waals surface area (Å²) in [4.78, 5) is 0.155. The minimum Gasteiger partial charge on any atom is -0.384 e. The van der Waals surface area contributed by atoms with Crippen LogP contribution in [0.25, 0.3) is 0 Å². The van der Waals surface area contributed by atoms with Crippen molar-refractivity contribution >= 4 is 10.0 Å². The molecule has 116 valence electrons. The lowest BCUT2D eigenvalue weighted by Crippen LogP contribution is -2.33. The van der Waals surface area contributed by atoms with Crippen LogP contribution in [0.3, 0.4) is 0 Å². The Labute approximate surface area is 127 Å². The fourth-order valence-corrected chi connectivity index (χ4v) is 3.35. The molecule has 2 N–H and O–H groups in total. The Kier molecular flexibility index (Phi) is 6.90. The van der Waals surface area contributed by atoms with Crippen molar-refractivity contribution in [3.63, 3.8) is 0 Å². The second kappa shape index (κ2) is 8.18. The van der Waals surface area contributed by atoms with Gasteiger partial charge in [0.2, 0.25) is 10.0 Å². The third-order valence-corrected chi connectivity index (χ3v) is 4.66. The van der Waals surface area contributed by atoms with Gasteiger partial charge < -0.3 is 5.11 Å². The van der Waals surface area contributed by atoms with E-state index in [9.17, 15) is 8.42 Å². The van der Waals surface area contributed by atoms with Crippen molar-refractivity contribution in [3.05, 3.63) is 29.8 Å². The molecule has 0 bridgehead atoms. The van der Waals surface area contributed by atoms with Gasteiger partial charge >= 0.3 is 0 Å². The number of nitrogens with one attached hydrogen (secondary N) is 1. The third-order valence-electron chi connectivity index (χ3n) is 3.01. The van der Waals surface area contributed by atoms with Gasteiger partial charge in [-0.25, -0.2) is 13.1 Å². The Morgan fingerprint density at radius 2 is 1.86 bits per heavy atom. The molecule has 0 heterocycles. The van der Waals surface area contributed by atoms with Gasteiger partial charge in [-0.05, 0) is 37.8 Å². The van der Waals surface area contributed by atoms with E-state index in [1.807, 2.05) is 6.92 Å². The molecule has 0 fully saturated rings. The standard InChI is InChI=1S/C16H23NO3S/c1-13(2)10-11-14(3)17-21(19,20)16-9-5-4-7-15(16)8-6-12-18/h4-5,7,9,13-14,17-18H,10-12H2,1-3H3. The second-order valence-corrected chi connectivity index (χ2v) is 7.13. The molecular weight excluding hydrogens is 286 g/mol. The van der Waals surface area contributed by atoms with Gasteiger partial charge in [0.15, 0.2) is 0 Å². The fraction of sp³-hybridized carbons (Fsp3) is 0.500. The van der Waals surface area contributed by atoms with Crippen LogP contribution in [0.4, 0.5) is 0 Å². The Balaban J connectivity index is 2.93. The summed E-state index contributed by atoms with van der Waals surface area (Å²) in [7, 11) is -3.60. The van der Waals surface area contributed by atoms with Gasteiger partial charge in [-0.1, -0.05) is 37.8 Å². The molecule has 0 radical (unpaired) electrons. The Hall–Kier alpha value is -1.35. The van der Waals surface area contributed by atoms with Crippen molar-refractivity contribution in [2.45, 2.75) is 44.6 Å². The molecule has 21 heavy (non-hydrogen) atoms. The van der Waals surface area contributed by atoms with Crippen molar-refractivity contribution in [1.29, 1.82) is 0 Å². The smallest absolute Gasteiger partial charge is 0.242 e. The van der Waals surface area contributed by atoms with Crippen LogP contribution in [0.5, 0.6) is 0 Å². The normalized spacial score (nSPS) is 12.8.